The van der Waals surface area contributed by atoms with Crippen LogP contribution in [-0.4, -0.2) is 17.6 Å². The molecule has 3 aromatic rings. The van der Waals surface area contributed by atoms with Crippen LogP contribution in [0.2, 0.25) is 0 Å². The fourth-order valence-corrected chi connectivity index (χ4v) is 2.86. The molecule has 128 valence electrons. The molecule has 2 aromatic carbocycles. The Bertz CT molecular complexity index is 890. The van der Waals surface area contributed by atoms with Gasteiger partial charge in [-0.15, -0.1) is 0 Å². The van der Waals surface area contributed by atoms with Crippen LogP contribution >= 0.6 is 0 Å². The number of nitrogens with one attached hydrogen (secondary N) is 1. The van der Waals surface area contributed by atoms with Crippen molar-refractivity contribution in [3.8, 4) is 0 Å². The first-order valence-corrected chi connectivity index (χ1v) is 8.60. The standard InChI is InChI=1S/C21H22N2O2/c1-3-15-9-5-7-11-18(15)22-14-20-17(21(24)25-4-2)13-16-10-6-8-12-19(16)23-20/h5-13,22H,3-4,14H2,1-2H3. The summed E-state index contributed by atoms with van der Waals surface area (Å²) in [4.78, 5) is 17.0. The molecule has 0 unspecified atom stereocenters. The topological polar surface area (TPSA) is 51.2 Å². The maximum Gasteiger partial charge on any atom is 0.340 e. The molecule has 1 heterocycles. The summed E-state index contributed by atoms with van der Waals surface area (Å²) >= 11 is 0. The highest BCUT2D eigenvalue weighted by atomic mass is 16.5. The maximum absolute atomic E-state index is 12.4. The van der Waals surface area contributed by atoms with Crippen LogP contribution in [0.4, 0.5) is 5.69 Å². The SMILES string of the molecule is CCOC(=O)c1cc2ccccc2nc1CNc1ccccc1CC. The molecule has 0 saturated carbocycles. The number of hydrogen-bond donors (Lipinski definition) is 1. The van der Waals surface area contributed by atoms with E-state index < -0.39 is 0 Å². The lowest BCUT2D eigenvalue weighted by Gasteiger charge is -2.13. The number of carbonyl (C=O) groups excluding carboxylic acids is 1. The third kappa shape index (κ3) is 3.79. The second-order valence-electron chi connectivity index (χ2n) is 5.76. The molecule has 0 atom stereocenters. The van der Waals surface area contributed by atoms with Gasteiger partial charge in [0.15, 0.2) is 0 Å². The zero-order chi connectivity index (χ0) is 17.6. The van der Waals surface area contributed by atoms with Gasteiger partial charge in [-0.1, -0.05) is 43.3 Å². The third-order valence-electron chi connectivity index (χ3n) is 4.14. The quantitative estimate of drug-likeness (QED) is 0.670. The number of aryl methyl sites for hydroxylation is 1. The van der Waals surface area contributed by atoms with Crippen molar-refractivity contribution in [2.75, 3.05) is 11.9 Å². The number of pyridine rings is 1. The van der Waals surface area contributed by atoms with Crippen LogP contribution in [0.5, 0.6) is 0 Å². The molecule has 3 rings (SSSR count). The maximum atomic E-state index is 12.4. The van der Waals surface area contributed by atoms with Crippen molar-refractivity contribution < 1.29 is 9.53 Å². The van der Waals surface area contributed by atoms with E-state index in [4.69, 9.17) is 4.74 Å². The zero-order valence-electron chi connectivity index (χ0n) is 14.6. The summed E-state index contributed by atoms with van der Waals surface area (Å²) in [5.74, 6) is -0.332. The normalized spacial score (nSPS) is 10.6. The van der Waals surface area contributed by atoms with Gasteiger partial charge in [-0.05, 0) is 37.1 Å². The molecule has 0 aliphatic rings. The molecule has 0 fully saturated rings. The summed E-state index contributed by atoms with van der Waals surface area (Å²) < 4.78 is 5.21. The van der Waals surface area contributed by atoms with Gasteiger partial charge in [0.2, 0.25) is 0 Å². The minimum atomic E-state index is -0.332. The molecule has 1 aromatic heterocycles. The molecule has 0 amide bonds. The molecule has 25 heavy (non-hydrogen) atoms. The summed E-state index contributed by atoms with van der Waals surface area (Å²) in [6.07, 6.45) is 0.944. The lowest BCUT2D eigenvalue weighted by Crippen LogP contribution is -2.13. The molecule has 0 spiro atoms. The van der Waals surface area contributed by atoms with Crippen molar-refractivity contribution in [2.24, 2.45) is 0 Å². The molecule has 0 bridgehead atoms. The zero-order valence-corrected chi connectivity index (χ0v) is 14.6. The average Bonchev–Trinajstić information content (AvgIpc) is 2.66. The van der Waals surface area contributed by atoms with E-state index in [1.807, 2.05) is 55.5 Å². The number of hydrogen-bond acceptors (Lipinski definition) is 4. The second kappa shape index (κ2) is 7.79. The lowest BCUT2D eigenvalue weighted by molar-refractivity contribution is 0.0525. The van der Waals surface area contributed by atoms with E-state index in [-0.39, 0.29) is 5.97 Å². The number of anilines is 1. The van der Waals surface area contributed by atoms with Gasteiger partial charge >= 0.3 is 5.97 Å². The molecular formula is C21H22N2O2. The van der Waals surface area contributed by atoms with Gasteiger partial charge in [-0.2, -0.15) is 0 Å². The van der Waals surface area contributed by atoms with Crippen LogP contribution in [0, 0.1) is 0 Å². The number of fused-ring (bicyclic) bond motifs is 1. The van der Waals surface area contributed by atoms with Gasteiger partial charge in [-0.3, -0.25) is 4.98 Å². The summed E-state index contributed by atoms with van der Waals surface area (Å²) in [7, 11) is 0. The number of carbonyl (C=O) groups is 1. The van der Waals surface area contributed by atoms with Crippen molar-refractivity contribution >= 4 is 22.6 Å². The number of nitrogens with zero attached hydrogens (tertiary/aromatic N) is 1. The van der Waals surface area contributed by atoms with E-state index >= 15 is 0 Å². The molecule has 0 aliphatic heterocycles. The second-order valence-corrected chi connectivity index (χ2v) is 5.76. The van der Waals surface area contributed by atoms with Crippen LogP contribution in [0.1, 0.15) is 35.5 Å². The Kier molecular flexibility index (Phi) is 5.29. The Morgan fingerprint density at radius 3 is 2.64 bits per heavy atom. The number of benzene rings is 2. The van der Waals surface area contributed by atoms with Gasteiger partial charge in [0.1, 0.15) is 0 Å². The Balaban J connectivity index is 1.95. The van der Waals surface area contributed by atoms with E-state index in [2.05, 4.69) is 23.3 Å². The Hall–Kier alpha value is -2.88. The average molecular weight is 334 g/mol. The van der Waals surface area contributed by atoms with Crippen molar-refractivity contribution in [1.29, 1.82) is 0 Å². The van der Waals surface area contributed by atoms with E-state index in [0.717, 1.165) is 23.0 Å². The van der Waals surface area contributed by atoms with Gasteiger partial charge in [0.05, 0.1) is 29.9 Å². The smallest absolute Gasteiger partial charge is 0.340 e. The molecule has 4 nitrogen and oxygen atoms in total. The van der Waals surface area contributed by atoms with Gasteiger partial charge in [-0.25, -0.2) is 4.79 Å². The van der Waals surface area contributed by atoms with Gasteiger partial charge < -0.3 is 10.1 Å². The van der Waals surface area contributed by atoms with Crippen LogP contribution < -0.4 is 5.32 Å². The lowest BCUT2D eigenvalue weighted by atomic mass is 10.1. The van der Waals surface area contributed by atoms with Crippen molar-refractivity contribution in [3.63, 3.8) is 0 Å². The molecular weight excluding hydrogens is 312 g/mol. The number of ether oxygens (including phenoxy) is 1. The van der Waals surface area contributed by atoms with Crippen LogP contribution in [0.15, 0.2) is 54.6 Å². The van der Waals surface area contributed by atoms with E-state index in [9.17, 15) is 4.79 Å². The highest BCUT2D eigenvalue weighted by Crippen LogP contribution is 2.21. The fraction of sp³-hybridized carbons (Fsp3) is 0.238. The number of aromatic nitrogens is 1. The number of esters is 1. The minimum Gasteiger partial charge on any atom is -0.462 e. The van der Waals surface area contributed by atoms with Crippen LogP contribution in [0.3, 0.4) is 0 Å². The summed E-state index contributed by atoms with van der Waals surface area (Å²) in [6.45, 7) is 4.74. The largest absolute Gasteiger partial charge is 0.462 e. The number of rotatable bonds is 6. The summed E-state index contributed by atoms with van der Waals surface area (Å²) in [5.41, 5.74) is 4.39. The molecule has 0 aliphatic carbocycles. The van der Waals surface area contributed by atoms with Crippen molar-refractivity contribution in [3.05, 3.63) is 71.4 Å². The monoisotopic (exact) mass is 334 g/mol. The van der Waals surface area contributed by atoms with E-state index in [1.54, 1.807) is 0 Å². The first-order chi connectivity index (χ1) is 12.2. The Morgan fingerprint density at radius 2 is 1.84 bits per heavy atom. The Labute approximate surface area is 147 Å². The first-order valence-electron chi connectivity index (χ1n) is 8.60. The number of para-hydroxylation sites is 2. The van der Waals surface area contributed by atoms with Crippen molar-refractivity contribution in [2.45, 2.75) is 26.8 Å². The molecule has 4 heteroatoms. The summed E-state index contributed by atoms with van der Waals surface area (Å²) in [5, 5.41) is 4.35. The van der Waals surface area contributed by atoms with E-state index in [1.165, 1.54) is 5.56 Å². The highest BCUT2D eigenvalue weighted by Gasteiger charge is 2.15. The molecule has 1 N–H and O–H groups in total. The third-order valence-corrected chi connectivity index (χ3v) is 4.14. The minimum absolute atomic E-state index is 0.332. The predicted octanol–water partition coefficient (Wildman–Crippen LogP) is 4.59. The molecule has 0 saturated heterocycles. The molecule has 0 radical (unpaired) electrons. The van der Waals surface area contributed by atoms with Gasteiger partial charge in [0.25, 0.3) is 0 Å². The predicted molar refractivity (Wildman–Crippen MR) is 101 cm³/mol. The van der Waals surface area contributed by atoms with Crippen molar-refractivity contribution in [1.82, 2.24) is 4.98 Å². The highest BCUT2D eigenvalue weighted by molar-refractivity contribution is 5.95. The van der Waals surface area contributed by atoms with Crippen LogP contribution in [-0.2, 0) is 17.7 Å². The van der Waals surface area contributed by atoms with Crippen LogP contribution in [0.25, 0.3) is 10.9 Å². The fourth-order valence-electron chi connectivity index (χ4n) is 2.86. The Morgan fingerprint density at radius 1 is 1.08 bits per heavy atom. The summed E-state index contributed by atoms with van der Waals surface area (Å²) in [6, 6.07) is 17.8. The van der Waals surface area contributed by atoms with Gasteiger partial charge in [0, 0.05) is 11.1 Å². The first kappa shape index (κ1) is 17.0. The van der Waals surface area contributed by atoms with E-state index in [0.29, 0.717) is 24.4 Å².